The summed E-state index contributed by atoms with van der Waals surface area (Å²) < 4.78 is 1.66. The Bertz CT molecular complexity index is 592. The van der Waals surface area contributed by atoms with Crippen LogP contribution >= 0.6 is 0 Å². The van der Waals surface area contributed by atoms with Gasteiger partial charge in [0.15, 0.2) is 5.82 Å². The van der Waals surface area contributed by atoms with Gasteiger partial charge >= 0.3 is 5.97 Å². The zero-order valence-corrected chi connectivity index (χ0v) is 12.4. The summed E-state index contributed by atoms with van der Waals surface area (Å²) in [6.45, 7) is 4.00. The lowest BCUT2D eigenvalue weighted by molar-refractivity contribution is -0.138. The fourth-order valence-corrected chi connectivity index (χ4v) is 2.28. The first-order chi connectivity index (χ1) is 10.1. The molecule has 1 heterocycles. The minimum Gasteiger partial charge on any atom is -0.481 e. The molecule has 0 aliphatic heterocycles. The summed E-state index contributed by atoms with van der Waals surface area (Å²) in [6.07, 6.45) is 2.27. The Morgan fingerprint density at radius 3 is 2.62 bits per heavy atom. The summed E-state index contributed by atoms with van der Waals surface area (Å²) in [5, 5.41) is 20.6. The Balaban J connectivity index is 2.05. The molecule has 112 valence electrons. The van der Waals surface area contributed by atoms with Crippen LogP contribution < -0.4 is 0 Å². The number of aryl methyl sites for hydroxylation is 3. The van der Waals surface area contributed by atoms with Gasteiger partial charge in [-0.2, -0.15) is 0 Å². The van der Waals surface area contributed by atoms with E-state index in [0.29, 0.717) is 12.8 Å². The summed E-state index contributed by atoms with van der Waals surface area (Å²) in [7, 11) is 0. The van der Waals surface area contributed by atoms with Gasteiger partial charge in [-0.1, -0.05) is 36.8 Å². The SMILES string of the molecule is CCC(CC(=O)O)n1nnnc1CCc1ccc(C)cc1. The summed E-state index contributed by atoms with van der Waals surface area (Å²) >= 11 is 0. The first-order valence-corrected chi connectivity index (χ1v) is 7.14. The van der Waals surface area contributed by atoms with Crippen LogP contribution in [-0.4, -0.2) is 31.3 Å². The number of aliphatic carboxylic acids is 1. The molecule has 1 N–H and O–H groups in total. The smallest absolute Gasteiger partial charge is 0.305 e. The van der Waals surface area contributed by atoms with Crippen molar-refractivity contribution < 1.29 is 9.90 Å². The molecular weight excluding hydrogens is 268 g/mol. The van der Waals surface area contributed by atoms with Crippen molar-refractivity contribution in [2.24, 2.45) is 0 Å². The normalized spacial score (nSPS) is 12.3. The van der Waals surface area contributed by atoms with Gasteiger partial charge in [0.2, 0.25) is 0 Å². The maximum atomic E-state index is 10.9. The minimum absolute atomic E-state index is 0.0407. The van der Waals surface area contributed by atoms with Crippen molar-refractivity contribution in [1.29, 1.82) is 0 Å². The highest BCUT2D eigenvalue weighted by Crippen LogP contribution is 2.17. The highest BCUT2D eigenvalue weighted by molar-refractivity contribution is 5.67. The molecule has 21 heavy (non-hydrogen) atoms. The first kappa shape index (κ1) is 15.2. The molecule has 0 bridgehead atoms. The van der Waals surface area contributed by atoms with Gasteiger partial charge in [0.05, 0.1) is 12.5 Å². The Labute approximate surface area is 123 Å². The van der Waals surface area contributed by atoms with Crippen LogP contribution in [0, 0.1) is 6.92 Å². The summed E-state index contributed by atoms with van der Waals surface area (Å²) in [5.41, 5.74) is 2.46. The number of nitrogens with zero attached hydrogens (tertiary/aromatic N) is 4. The Morgan fingerprint density at radius 1 is 1.29 bits per heavy atom. The predicted molar refractivity (Wildman–Crippen MR) is 78.0 cm³/mol. The van der Waals surface area contributed by atoms with Crippen molar-refractivity contribution in [2.75, 3.05) is 0 Å². The van der Waals surface area contributed by atoms with E-state index in [-0.39, 0.29) is 12.5 Å². The lowest BCUT2D eigenvalue weighted by Crippen LogP contribution is -2.17. The molecule has 0 aliphatic carbocycles. The number of rotatable bonds is 7. The zero-order valence-electron chi connectivity index (χ0n) is 12.4. The van der Waals surface area contributed by atoms with Gasteiger partial charge in [-0.3, -0.25) is 4.79 Å². The van der Waals surface area contributed by atoms with Gasteiger partial charge in [0, 0.05) is 6.42 Å². The maximum Gasteiger partial charge on any atom is 0.305 e. The van der Waals surface area contributed by atoms with Gasteiger partial charge in [0.25, 0.3) is 0 Å². The van der Waals surface area contributed by atoms with E-state index in [1.54, 1.807) is 4.68 Å². The molecule has 1 atom stereocenters. The average molecular weight is 288 g/mol. The topological polar surface area (TPSA) is 80.9 Å². The van der Waals surface area contributed by atoms with Crippen LogP contribution in [0.3, 0.4) is 0 Å². The van der Waals surface area contributed by atoms with E-state index in [4.69, 9.17) is 5.11 Å². The van der Waals surface area contributed by atoms with Crippen LogP contribution in [0.15, 0.2) is 24.3 Å². The number of carbonyl (C=O) groups is 1. The van der Waals surface area contributed by atoms with Crippen LogP contribution in [-0.2, 0) is 17.6 Å². The summed E-state index contributed by atoms with van der Waals surface area (Å²) in [6, 6.07) is 8.16. The molecule has 0 saturated carbocycles. The Kier molecular flexibility index (Phi) is 5.03. The van der Waals surface area contributed by atoms with Crippen LogP contribution in [0.5, 0.6) is 0 Å². The van der Waals surface area contributed by atoms with Gasteiger partial charge in [-0.05, 0) is 35.8 Å². The molecule has 6 nitrogen and oxygen atoms in total. The molecule has 0 spiro atoms. The Hall–Kier alpha value is -2.24. The van der Waals surface area contributed by atoms with Crippen molar-refractivity contribution in [3.8, 4) is 0 Å². The maximum absolute atomic E-state index is 10.9. The molecule has 0 aliphatic rings. The standard InChI is InChI=1S/C15H20N4O2/c1-3-13(10-15(20)21)19-14(16-17-18-19)9-8-12-6-4-11(2)5-7-12/h4-7,13H,3,8-10H2,1-2H3,(H,20,21). The summed E-state index contributed by atoms with van der Waals surface area (Å²) in [5.74, 6) is -0.0921. The largest absolute Gasteiger partial charge is 0.481 e. The first-order valence-electron chi connectivity index (χ1n) is 7.14. The van der Waals surface area contributed by atoms with E-state index >= 15 is 0 Å². The number of hydrogen-bond acceptors (Lipinski definition) is 4. The van der Waals surface area contributed by atoms with E-state index in [9.17, 15) is 4.79 Å². The minimum atomic E-state index is -0.832. The van der Waals surface area contributed by atoms with Gasteiger partial charge in [-0.25, -0.2) is 4.68 Å². The molecule has 0 fully saturated rings. The van der Waals surface area contributed by atoms with E-state index in [1.807, 2.05) is 6.92 Å². The molecule has 1 unspecified atom stereocenters. The van der Waals surface area contributed by atoms with Crippen LogP contribution in [0.2, 0.25) is 0 Å². The highest BCUT2D eigenvalue weighted by Gasteiger charge is 2.18. The monoisotopic (exact) mass is 288 g/mol. The molecule has 1 aromatic heterocycles. The van der Waals surface area contributed by atoms with E-state index in [0.717, 1.165) is 12.2 Å². The van der Waals surface area contributed by atoms with Crippen LogP contribution in [0.4, 0.5) is 0 Å². The third-order valence-electron chi connectivity index (χ3n) is 3.55. The molecule has 0 saturated heterocycles. The average Bonchev–Trinajstić information content (AvgIpc) is 2.92. The number of carboxylic acids is 1. The molecule has 6 heteroatoms. The number of benzene rings is 1. The number of carboxylic acid groups (broad SMARTS) is 1. The van der Waals surface area contributed by atoms with E-state index in [1.165, 1.54) is 11.1 Å². The second-order valence-electron chi connectivity index (χ2n) is 5.19. The van der Waals surface area contributed by atoms with E-state index < -0.39 is 5.97 Å². The van der Waals surface area contributed by atoms with Crippen molar-refractivity contribution in [2.45, 2.75) is 45.6 Å². The second-order valence-corrected chi connectivity index (χ2v) is 5.19. The lowest BCUT2D eigenvalue weighted by Gasteiger charge is -2.14. The van der Waals surface area contributed by atoms with Gasteiger partial charge in [0.1, 0.15) is 0 Å². The van der Waals surface area contributed by atoms with Crippen molar-refractivity contribution in [3.63, 3.8) is 0 Å². The molecule has 2 aromatic rings. The van der Waals surface area contributed by atoms with Crippen molar-refractivity contribution in [3.05, 3.63) is 41.2 Å². The predicted octanol–water partition coefficient (Wildman–Crippen LogP) is 2.19. The number of aromatic nitrogens is 4. The molecular formula is C15H20N4O2. The van der Waals surface area contributed by atoms with Crippen molar-refractivity contribution in [1.82, 2.24) is 20.2 Å². The molecule has 0 amide bonds. The van der Waals surface area contributed by atoms with Crippen molar-refractivity contribution >= 4 is 5.97 Å². The van der Waals surface area contributed by atoms with Crippen LogP contribution in [0.1, 0.15) is 42.8 Å². The third kappa shape index (κ3) is 4.11. The van der Waals surface area contributed by atoms with Crippen LogP contribution in [0.25, 0.3) is 0 Å². The molecule has 0 radical (unpaired) electrons. The lowest BCUT2D eigenvalue weighted by atomic mass is 10.1. The quantitative estimate of drug-likeness (QED) is 0.844. The van der Waals surface area contributed by atoms with Gasteiger partial charge < -0.3 is 5.11 Å². The fourth-order valence-electron chi connectivity index (χ4n) is 2.28. The zero-order chi connectivity index (χ0) is 15.2. The van der Waals surface area contributed by atoms with Gasteiger partial charge in [-0.15, -0.1) is 5.10 Å². The number of hydrogen-bond donors (Lipinski definition) is 1. The second kappa shape index (κ2) is 6.97. The molecule has 1 aromatic carbocycles. The van der Waals surface area contributed by atoms with E-state index in [2.05, 4.69) is 46.7 Å². The summed E-state index contributed by atoms with van der Waals surface area (Å²) in [4.78, 5) is 10.9. The third-order valence-corrected chi connectivity index (χ3v) is 3.55. The fraction of sp³-hybridized carbons (Fsp3) is 0.467. The number of tetrazole rings is 1. The highest BCUT2D eigenvalue weighted by atomic mass is 16.4. The Morgan fingerprint density at radius 2 is 2.00 bits per heavy atom. The molecule has 2 rings (SSSR count).